The average Bonchev–Trinajstić information content (AvgIpc) is 2.90. The summed E-state index contributed by atoms with van der Waals surface area (Å²) >= 11 is 0. The molecule has 0 nitrogen and oxygen atoms in total. The average molecular weight is 412 g/mol. The Labute approximate surface area is 122 Å². The summed E-state index contributed by atoms with van der Waals surface area (Å²) < 4.78 is 0. The third kappa shape index (κ3) is 2.71. The van der Waals surface area contributed by atoms with Crippen molar-refractivity contribution in [3.63, 3.8) is 0 Å². The number of allylic oxidation sites excluding steroid dienone is 4. The fraction of sp³-hybridized carbons (Fsp3) is 0.0588. The van der Waals surface area contributed by atoms with Crippen LogP contribution in [0.15, 0.2) is 66.7 Å². The molecule has 0 spiro atoms. The van der Waals surface area contributed by atoms with Gasteiger partial charge in [-0.1, -0.05) is 78.2 Å². The first-order valence-electron chi connectivity index (χ1n) is 5.87. The predicted molar refractivity (Wildman–Crippen MR) is 72.1 cm³/mol. The van der Waals surface area contributed by atoms with Crippen molar-refractivity contribution in [2.75, 3.05) is 0 Å². The second-order valence-corrected chi connectivity index (χ2v) is 4.16. The van der Waals surface area contributed by atoms with E-state index < -0.39 is 0 Å². The van der Waals surface area contributed by atoms with Crippen molar-refractivity contribution < 1.29 is 21.1 Å². The summed E-state index contributed by atoms with van der Waals surface area (Å²) in [6.07, 6.45) is 6.73. The molecular weight excluding hydrogens is 399 g/mol. The molecule has 0 saturated carbocycles. The van der Waals surface area contributed by atoms with Crippen LogP contribution >= 0.6 is 0 Å². The molecule has 0 aliphatic heterocycles. The maximum Gasteiger partial charge on any atom is 0 e. The molecule has 0 fully saturated rings. The van der Waals surface area contributed by atoms with Crippen LogP contribution in [0.4, 0.5) is 0 Å². The van der Waals surface area contributed by atoms with E-state index in [9.17, 15) is 0 Å². The van der Waals surface area contributed by atoms with Crippen molar-refractivity contribution in [2.45, 2.75) is 6.42 Å². The molecule has 0 unspecified atom stereocenters. The molecule has 2 aromatic carbocycles. The van der Waals surface area contributed by atoms with Crippen molar-refractivity contribution in [1.29, 1.82) is 0 Å². The van der Waals surface area contributed by atoms with E-state index in [2.05, 4.69) is 60.7 Å². The van der Waals surface area contributed by atoms with Crippen LogP contribution in [0.25, 0.3) is 11.1 Å². The Morgan fingerprint density at radius 3 is 1.89 bits per heavy atom. The Morgan fingerprint density at radius 1 is 0.722 bits per heavy atom. The minimum Gasteiger partial charge on any atom is -0.153 e. The van der Waals surface area contributed by atoms with Gasteiger partial charge in [-0.3, -0.25) is 0 Å². The van der Waals surface area contributed by atoms with E-state index in [0.29, 0.717) is 0 Å². The maximum atomic E-state index is 3.50. The van der Waals surface area contributed by atoms with Gasteiger partial charge in [0.15, 0.2) is 0 Å². The van der Waals surface area contributed by atoms with E-state index >= 15 is 0 Å². The molecule has 0 atom stereocenters. The predicted octanol–water partition coefficient (Wildman–Crippen LogP) is 4.36. The summed E-state index contributed by atoms with van der Waals surface area (Å²) in [7, 11) is 0. The van der Waals surface area contributed by atoms with Crippen molar-refractivity contribution in [3.05, 3.63) is 83.9 Å². The number of hydrogen-bond acceptors (Lipinski definition) is 0. The third-order valence-electron chi connectivity index (χ3n) is 3.00. The fourth-order valence-electron chi connectivity index (χ4n) is 2.11. The molecule has 1 aliphatic carbocycles. The van der Waals surface area contributed by atoms with E-state index in [1.165, 1.54) is 22.3 Å². The van der Waals surface area contributed by atoms with Gasteiger partial charge in [0, 0.05) is 21.1 Å². The Balaban J connectivity index is 0.00000120. The molecule has 0 heterocycles. The zero-order valence-electron chi connectivity index (χ0n) is 9.87. The summed E-state index contributed by atoms with van der Waals surface area (Å²) in [5.74, 6) is 0. The van der Waals surface area contributed by atoms with Gasteiger partial charge in [0.2, 0.25) is 0 Å². The second-order valence-electron chi connectivity index (χ2n) is 4.16. The zero-order valence-corrected chi connectivity index (χ0v) is 12.1. The van der Waals surface area contributed by atoms with Crippen LogP contribution in [0.3, 0.4) is 0 Å². The fourth-order valence-corrected chi connectivity index (χ4v) is 2.11. The van der Waals surface area contributed by atoms with E-state index in [4.69, 9.17) is 0 Å². The Kier molecular flexibility index (Phi) is 4.33. The molecule has 1 heteroatoms. The number of hydrogen-bond donors (Lipinski definition) is 0. The molecule has 92 valence electrons. The first-order valence-corrected chi connectivity index (χ1v) is 5.87. The quantitative estimate of drug-likeness (QED) is 0.644. The maximum absolute atomic E-state index is 3.50. The Hall–Kier alpha value is -1.39. The molecule has 1 aliphatic rings. The number of benzene rings is 2. The molecular formula is C17H13Pt-. The van der Waals surface area contributed by atoms with E-state index in [-0.39, 0.29) is 21.1 Å². The van der Waals surface area contributed by atoms with Gasteiger partial charge in [0.1, 0.15) is 0 Å². The summed E-state index contributed by atoms with van der Waals surface area (Å²) in [4.78, 5) is 0. The van der Waals surface area contributed by atoms with Crippen LogP contribution in [0.5, 0.6) is 0 Å². The third-order valence-corrected chi connectivity index (χ3v) is 3.00. The van der Waals surface area contributed by atoms with Gasteiger partial charge in [-0.25, -0.2) is 0 Å². The topological polar surface area (TPSA) is 0 Å². The molecule has 3 rings (SSSR count). The first-order chi connectivity index (χ1) is 8.43. The van der Waals surface area contributed by atoms with Gasteiger partial charge in [-0.15, -0.1) is 17.2 Å². The SMILES string of the molecule is [C-]1=C(c2ccccc2)CC=C1c1ccccc1.[Pt]. The van der Waals surface area contributed by atoms with Crippen molar-refractivity contribution >= 4 is 11.1 Å². The molecule has 0 saturated heterocycles. The van der Waals surface area contributed by atoms with Gasteiger partial charge < -0.3 is 0 Å². The summed E-state index contributed by atoms with van der Waals surface area (Å²) in [6, 6.07) is 20.9. The van der Waals surface area contributed by atoms with Crippen molar-refractivity contribution in [2.24, 2.45) is 0 Å². The Morgan fingerprint density at radius 2 is 1.28 bits per heavy atom. The van der Waals surface area contributed by atoms with Crippen molar-refractivity contribution in [3.8, 4) is 0 Å². The minimum absolute atomic E-state index is 0. The molecule has 0 amide bonds. The summed E-state index contributed by atoms with van der Waals surface area (Å²) in [5.41, 5.74) is 5.02. The van der Waals surface area contributed by atoms with Gasteiger partial charge in [0.05, 0.1) is 0 Å². The molecule has 18 heavy (non-hydrogen) atoms. The van der Waals surface area contributed by atoms with Gasteiger partial charge in [-0.05, 0) is 0 Å². The normalized spacial score (nSPS) is 13.6. The molecule has 0 bridgehead atoms. The largest absolute Gasteiger partial charge is 0.153 e. The molecule has 0 radical (unpaired) electrons. The van der Waals surface area contributed by atoms with Gasteiger partial charge in [-0.2, -0.15) is 6.08 Å². The van der Waals surface area contributed by atoms with Crippen molar-refractivity contribution in [1.82, 2.24) is 0 Å². The smallest absolute Gasteiger partial charge is 0 e. The van der Waals surface area contributed by atoms with E-state index in [1.54, 1.807) is 0 Å². The van der Waals surface area contributed by atoms with Crippen LogP contribution in [0.2, 0.25) is 0 Å². The minimum atomic E-state index is 0. The monoisotopic (exact) mass is 412 g/mol. The van der Waals surface area contributed by atoms with Gasteiger partial charge in [0.25, 0.3) is 0 Å². The Bertz CT molecular complexity index is 565. The van der Waals surface area contributed by atoms with Crippen LogP contribution in [0, 0.1) is 6.08 Å². The summed E-state index contributed by atoms with van der Waals surface area (Å²) in [6.45, 7) is 0. The molecule has 0 aromatic heterocycles. The molecule has 2 aromatic rings. The van der Waals surface area contributed by atoms with Crippen LogP contribution in [0.1, 0.15) is 17.5 Å². The van der Waals surface area contributed by atoms with E-state index in [1.807, 2.05) is 12.1 Å². The number of rotatable bonds is 2. The van der Waals surface area contributed by atoms with E-state index in [0.717, 1.165) is 6.42 Å². The van der Waals surface area contributed by atoms with Crippen LogP contribution in [-0.4, -0.2) is 0 Å². The van der Waals surface area contributed by atoms with Crippen LogP contribution in [-0.2, 0) is 21.1 Å². The standard InChI is InChI=1S/C17H13.Pt/c1-3-7-14(8-4-1)16-11-12-17(13-16)15-9-5-2-6-10-15;/h1-11H,12H2;/q-1;. The summed E-state index contributed by atoms with van der Waals surface area (Å²) in [5, 5.41) is 0. The zero-order chi connectivity index (χ0) is 11.5. The van der Waals surface area contributed by atoms with Crippen LogP contribution < -0.4 is 0 Å². The molecule has 0 N–H and O–H groups in total. The second kappa shape index (κ2) is 5.98. The first kappa shape index (κ1) is 13.0. The van der Waals surface area contributed by atoms with Gasteiger partial charge >= 0.3 is 0 Å².